The van der Waals surface area contributed by atoms with Crippen molar-refractivity contribution in [2.24, 2.45) is 0 Å². The average Bonchev–Trinajstić information content (AvgIpc) is 3.37. The van der Waals surface area contributed by atoms with E-state index in [-0.39, 0.29) is 6.10 Å². The number of pyridine rings is 1. The van der Waals surface area contributed by atoms with E-state index in [4.69, 9.17) is 14.5 Å². The molecule has 7 nitrogen and oxygen atoms in total. The number of ether oxygens (including phenoxy) is 2. The maximum Gasteiger partial charge on any atom is 0.146 e. The molecule has 7 heteroatoms. The van der Waals surface area contributed by atoms with Gasteiger partial charge in [-0.05, 0) is 30.4 Å². The molecular formula is C25H31N5O2. The van der Waals surface area contributed by atoms with Gasteiger partial charge < -0.3 is 19.7 Å². The summed E-state index contributed by atoms with van der Waals surface area (Å²) in [5.74, 6) is 1.72. The van der Waals surface area contributed by atoms with Crippen LogP contribution >= 0.6 is 0 Å². The summed E-state index contributed by atoms with van der Waals surface area (Å²) in [6.07, 6.45) is 3.22. The largest absolute Gasteiger partial charge is 0.378 e. The maximum atomic E-state index is 10.1. The third-order valence-corrected chi connectivity index (χ3v) is 6.64. The minimum atomic E-state index is 0.201. The molecule has 2 saturated heterocycles. The van der Waals surface area contributed by atoms with Gasteiger partial charge in [-0.3, -0.25) is 4.90 Å². The molecule has 0 radical (unpaired) electrons. The molecule has 0 spiro atoms. The minimum Gasteiger partial charge on any atom is -0.378 e. The predicted molar refractivity (Wildman–Crippen MR) is 124 cm³/mol. The fourth-order valence-corrected chi connectivity index (χ4v) is 4.95. The first-order chi connectivity index (χ1) is 15.8. The molecule has 1 aromatic carbocycles. The summed E-state index contributed by atoms with van der Waals surface area (Å²) < 4.78 is 11.4. The van der Waals surface area contributed by atoms with Crippen molar-refractivity contribution in [3.8, 4) is 6.07 Å². The summed E-state index contributed by atoms with van der Waals surface area (Å²) >= 11 is 0. The Kier molecular flexibility index (Phi) is 6.54. The van der Waals surface area contributed by atoms with E-state index in [0.29, 0.717) is 31.1 Å². The highest BCUT2D eigenvalue weighted by Gasteiger charge is 2.29. The Labute approximate surface area is 189 Å². The van der Waals surface area contributed by atoms with E-state index in [2.05, 4.69) is 51.5 Å². The number of hydrogen-bond acceptors (Lipinski definition) is 7. The number of fused-ring (bicyclic) bond motifs is 1. The fraction of sp³-hybridized carbons (Fsp3) is 0.520. The molecule has 1 N–H and O–H groups in total. The van der Waals surface area contributed by atoms with Gasteiger partial charge in [0.15, 0.2) is 0 Å². The average molecular weight is 434 g/mol. The van der Waals surface area contributed by atoms with Crippen LogP contribution < -0.4 is 10.2 Å². The number of benzene rings is 1. The van der Waals surface area contributed by atoms with Crippen LogP contribution in [0.25, 0.3) is 0 Å². The zero-order chi connectivity index (χ0) is 21.8. The highest BCUT2D eigenvalue weighted by atomic mass is 16.5. The van der Waals surface area contributed by atoms with Crippen LogP contribution in [-0.4, -0.2) is 62.0 Å². The van der Waals surface area contributed by atoms with E-state index in [1.807, 2.05) is 0 Å². The molecule has 3 aliphatic rings. The smallest absolute Gasteiger partial charge is 0.146 e. The van der Waals surface area contributed by atoms with Crippen molar-refractivity contribution in [3.63, 3.8) is 0 Å². The lowest BCUT2D eigenvalue weighted by Gasteiger charge is -2.35. The molecule has 0 bridgehead atoms. The Bertz CT molecular complexity index is 963. The van der Waals surface area contributed by atoms with Crippen LogP contribution in [0.4, 0.5) is 11.6 Å². The van der Waals surface area contributed by atoms with Crippen molar-refractivity contribution in [2.45, 2.75) is 38.5 Å². The molecule has 2 aromatic rings. The Morgan fingerprint density at radius 3 is 2.69 bits per heavy atom. The van der Waals surface area contributed by atoms with Gasteiger partial charge in [0, 0.05) is 51.4 Å². The Morgan fingerprint density at radius 2 is 1.94 bits per heavy atom. The highest BCUT2D eigenvalue weighted by Crippen LogP contribution is 2.34. The number of nitriles is 1. The van der Waals surface area contributed by atoms with E-state index < -0.39 is 0 Å². The summed E-state index contributed by atoms with van der Waals surface area (Å²) in [5.41, 5.74) is 4.37. The third-order valence-electron chi connectivity index (χ3n) is 6.64. The molecule has 0 aliphatic carbocycles. The first kappa shape index (κ1) is 21.2. The van der Waals surface area contributed by atoms with Crippen LogP contribution in [0.5, 0.6) is 0 Å². The van der Waals surface area contributed by atoms with Crippen LogP contribution in [0.1, 0.15) is 35.1 Å². The van der Waals surface area contributed by atoms with Gasteiger partial charge in [-0.1, -0.05) is 30.3 Å². The van der Waals surface area contributed by atoms with Crippen molar-refractivity contribution < 1.29 is 9.47 Å². The van der Waals surface area contributed by atoms with Gasteiger partial charge in [0.1, 0.15) is 17.7 Å². The molecular weight excluding hydrogens is 402 g/mol. The van der Waals surface area contributed by atoms with Crippen LogP contribution in [0.15, 0.2) is 30.3 Å². The SMILES string of the molecule is N#Cc1c(NCC2CCCO2)nc(N2CCOCC2)c2c1CCN(Cc1ccccc1)C2. The summed E-state index contributed by atoms with van der Waals surface area (Å²) in [7, 11) is 0. The molecule has 1 atom stereocenters. The molecule has 4 heterocycles. The lowest BCUT2D eigenvalue weighted by Crippen LogP contribution is -2.40. The van der Waals surface area contributed by atoms with Gasteiger partial charge in [0.2, 0.25) is 0 Å². The number of rotatable bonds is 6. The highest BCUT2D eigenvalue weighted by molar-refractivity contribution is 5.67. The second-order valence-electron chi connectivity index (χ2n) is 8.79. The fourth-order valence-electron chi connectivity index (χ4n) is 4.95. The van der Waals surface area contributed by atoms with Crippen LogP contribution in [-0.2, 0) is 29.0 Å². The summed E-state index contributed by atoms with van der Waals surface area (Å²) in [5, 5.41) is 13.5. The topological polar surface area (TPSA) is 73.6 Å². The maximum absolute atomic E-state index is 10.1. The van der Waals surface area contributed by atoms with E-state index in [9.17, 15) is 5.26 Å². The molecule has 168 valence electrons. The zero-order valence-electron chi connectivity index (χ0n) is 18.6. The second-order valence-corrected chi connectivity index (χ2v) is 8.79. The third kappa shape index (κ3) is 4.58. The van der Waals surface area contributed by atoms with Gasteiger partial charge in [0.05, 0.1) is 24.9 Å². The number of anilines is 2. The van der Waals surface area contributed by atoms with E-state index in [1.165, 1.54) is 11.1 Å². The first-order valence-electron chi connectivity index (χ1n) is 11.7. The van der Waals surface area contributed by atoms with Gasteiger partial charge in [0.25, 0.3) is 0 Å². The van der Waals surface area contributed by atoms with E-state index >= 15 is 0 Å². The minimum absolute atomic E-state index is 0.201. The number of nitrogens with one attached hydrogen (secondary N) is 1. The van der Waals surface area contributed by atoms with E-state index in [1.54, 1.807) is 0 Å². The standard InChI is InChI=1S/C25H31N5O2/c26-15-22-21-8-9-29(17-19-5-2-1-3-6-19)18-23(21)25(30-10-13-31-14-11-30)28-24(22)27-16-20-7-4-12-32-20/h1-3,5-6,20H,4,7-14,16-18H2,(H,27,28). The van der Waals surface area contributed by atoms with Gasteiger partial charge >= 0.3 is 0 Å². The first-order valence-corrected chi connectivity index (χ1v) is 11.7. The summed E-state index contributed by atoms with van der Waals surface area (Å²) in [6.45, 7) is 7.26. The molecule has 32 heavy (non-hydrogen) atoms. The molecule has 2 fully saturated rings. The normalized spacial score (nSPS) is 21.2. The summed E-state index contributed by atoms with van der Waals surface area (Å²) in [6, 6.07) is 13.1. The molecule has 1 aromatic heterocycles. The predicted octanol–water partition coefficient (Wildman–Crippen LogP) is 2.94. The molecule has 0 amide bonds. The van der Waals surface area contributed by atoms with Crippen molar-refractivity contribution >= 4 is 11.6 Å². The molecule has 3 aliphatic heterocycles. The molecule has 1 unspecified atom stereocenters. The monoisotopic (exact) mass is 433 g/mol. The lowest BCUT2D eigenvalue weighted by atomic mass is 9.94. The van der Waals surface area contributed by atoms with Crippen molar-refractivity contribution in [1.29, 1.82) is 5.26 Å². The number of aromatic nitrogens is 1. The second kappa shape index (κ2) is 9.86. The number of hydrogen-bond donors (Lipinski definition) is 1. The Balaban J connectivity index is 1.45. The number of nitrogens with zero attached hydrogens (tertiary/aromatic N) is 4. The number of morpholine rings is 1. The molecule has 0 saturated carbocycles. The Hall–Kier alpha value is -2.66. The van der Waals surface area contributed by atoms with Crippen molar-refractivity contribution in [1.82, 2.24) is 9.88 Å². The van der Waals surface area contributed by atoms with Gasteiger partial charge in [-0.2, -0.15) is 5.26 Å². The summed E-state index contributed by atoms with van der Waals surface area (Å²) in [4.78, 5) is 9.83. The van der Waals surface area contributed by atoms with Crippen LogP contribution in [0.2, 0.25) is 0 Å². The van der Waals surface area contributed by atoms with Crippen molar-refractivity contribution in [3.05, 3.63) is 52.6 Å². The van der Waals surface area contributed by atoms with Gasteiger partial charge in [-0.15, -0.1) is 0 Å². The quantitative estimate of drug-likeness (QED) is 0.751. The van der Waals surface area contributed by atoms with Crippen LogP contribution in [0.3, 0.4) is 0 Å². The van der Waals surface area contributed by atoms with E-state index in [0.717, 1.165) is 70.0 Å². The van der Waals surface area contributed by atoms with Crippen molar-refractivity contribution in [2.75, 3.05) is 56.2 Å². The zero-order valence-corrected chi connectivity index (χ0v) is 18.6. The Morgan fingerprint density at radius 1 is 1.09 bits per heavy atom. The molecule has 5 rings (SSSR count). The lowest BCUT2D eigenvalue weighted by molar-refractivity contribution is 0.120. The van der Waals surface area contributed by atoms with Crippen LogP contribution in [0, 0.1) is 11.3 Å². The van der Waals surface area contributed by atoms with Gasteiger partial charge in [-0.25, -0.2) is 4.98 Å².